The molecule has 0 radical (unpaired) electrons. The molecule has 6 heteroatoms. The van der Waals surface area contributed by atoms with Gasteiger partial charge >= 0.3 is 0 Å². The molecule has 1 unspecified atom stereocenters. The molecule has 0 amide bonds. The first-order valence-electron chi connectivity index (χ1n) is 8.41. The Hall–Kier alpha value is -1.95. The van der Waals surface area contributed by atoms with Crippen molar-refractivity contribution in [2.45, 2.75) is 37.6 Å². The van der Waals surface area contributed by atoms with Gasteiger partial charge in [0.25, 0.3) is 0 Å². The number of aryl methyl sites for hydroxylation is 1. The summed E-state index contributed by atoms with van der Waals surface area (Å²) in [6, 6.07) is 2.07. The second kappa shape index (κ2) is 5.60. The fraction of sp³-hybridized carbons (Fsp3) is 0.588. The fourth-order valence-electron chi connectivity index (χ4n) is 4.12. The zero-order valence-electron chi connectivity index (χ0n) is 13.9. The monoisotopic (exact) mass is 312 g/mol. The summed E-state index contributed by atoms with van der Waals surface area (Å²) in [5.74, 6) is 0.829. The Bertz CT molecular complexity index is 676. The second-order valence-electron chi connectivity index (χ2n) is 7.11. The van der Waals surface area contributed by atoms with Gasteiger partial charge in [-0.3, -0.25) is 10.00 Å². The second-order valence-corrected chi connectivity index (χ2v) is 7.11. The Labute approximate surface area is 136 Å². The van der Waals surface area contributed by atoms with E-state index in [2.05, 4.69) is 26.1 Å². The zero-order valence-corrected chi connectivity index (χ0v) is 13.9. The van der Waals surface area contributed by atoms with Crippen molar-refractivity contribution in [3.05, 3.63) is 35.4 Å². The molecule has 122 valence electrons. The van der Waals surface area contributed by atoms with E-state index in [1.54, 1.807) is 0 Å². The highest BCUT2D eigenvalue weighted by Gasteiger charge is 2.43. The summed E-state index contributed by atoms with van der Waals surface area (Å²) in [7, 11) is 4.02. The van der Waals surface area contributed by atoms with Crippen LogP contribution in [0.4, 0.5) is 5.95 Å². The molecule has 6 nitrogen and oxygen atoms in total. The summed E-state index contributed by atoms with van der Waals surface area (Å²) in [4.78, 5) is 14.0. The van der Waals surface area contributed by atoms with E-state index in [-0.39, 0.29) is 5.41 Å². The van der Waals surface area contributed by atoms with Crippen LogP contribution in [0.2, 0.25) is 0 Å². The van der Waals surface area contributed by atoms with Gasteiger partial charge in [-0.05, 0) is 43.9 Å². The average Bonchev–Trinajstić information content (AvgIpc) is 3.17. The third-order valence-corrected chi connectivity index (χ3v) is 5.24. The van der Waals surface area contributed by atoms with Crippen LogP contribution in [0.15, 0.2) is 18.5 Å². The first kappa shape index (κ1) is 14.6. The third kappa shape index (κ3) is 2.61. The predicted octanol–water partition coefficient (Wildman–Crippen LogP) is 1.75. The Balaban J connectivity index is 1.61. The Morgan fingerprint density at radius 1 is 1.35 bits per heavy atom. The van der Waals surface area contributed by atoms with Crippen molar-refractivity contribution in [3.8, 4) is 0 Å². The number of nitrogens with one attached hydrogen (secondary N) is 1. The van der Waals surface area contributed by atoms with Gasteiger partial charge in [0.15, 0.2) is 0 Å². The molecule has 1 aliphatic carbocycles. The van der Waals surface area contributed by atoms with Gasteiger partial charge in [-0.15, -0.1) is 0 Å². The number of hydrogen-bond donors (Lipinski definition) is 1. The number of fused-ring (bicyclic) bond motifs is 2. The van der Waals surface area contributed by atoms with Crippen LogP contribution in [0.1, 0.15) is 36.2 Å². The Morgan fingerprint density at radius 2 is 2.26 bits per heavy atom. The van der Waals surface area contributed by atoms with Gasteiger partial charge in [0, 0.05) is 50.7 Å². The summed E-state index contributed by atoms with van der Waals surface area (Å²) in [6.45, 7) is 3.19. The van der Waals surface area contributed by atoms with Gasteiger partial charge in [0.05, 0.1) is 5.69 Å². The molecule has 1 spiro atoms. The van der Waals surface area contributed by atoms with Crippen LogP contribution in [0.25, 0.3) is 0 Å². The van der Waals surface area contributed by atoms with Crippen LogP contribution in [0.3, 0.4) is 0 Å². The molecule has 2 aromatic rings. The minimum atomic E-state index is 0.210. The quantitative estimate of drug-likeness (QED) is 0.935. The van der Waals surface area contributed by atoms with Crippen LogP contribution in [0, 0.1) is 0 Å². The summed E-state index contributed by atoms with van der Waals surface area (Å²) in [5, 5.41) is 7.15. The first-order chi connectivity index (χ1) is 11.2. The number of aromatic nitrogens is 4. The summed E-state index contributed by atoms with van der Waals surface area (Å²) in [6.07, 6.45) is 8.66. The summed E-state index contributed by atoms with van der Waals surface area (Å²) >= 11 is 0. The van der Waals surface area contributed by atoms with Crippen LogP contribution < -0.4 is 4.90 Å². The molecule has 4 rings (SSSR count). The molecule has 0 bridgehead atoms. The van der Waals surface area contributed by atoms with Crippen molar-refractivity contribution < 1.29 is 0 Å². The molecule has 1 fully saturated rings. The number of rotatable bonds is 3. The van der Waals surface area contributed by atoms with Crippen molar-refractivity contribution in [1.82, 2.24) is 25.1 Å². The molecule has 1 atom stereocenters. The normalized spacial score (nSPS) is 24.1. The SMILES string of the molecule is CN(C)c1ncc2c(n1)C1(CCCN(Cc3ccn[nH]3)C1)CC2. The minimum absolute atomic E-state index is 0.210. The van der Waals surface area contributed by atoms with Crippen molar-refractivity contribution in [2.24, 2.45) is 0 Å². The number of piperidine rings is 1. The molecule has 1 saturated heterocycles. The first-order valence-corrected chi connectivity index (χ1v) is 8.41. The van der Waals surface area contributed by atoms with Gasteiger partial charge in [-0.2, -0.15) is 5.10 Å². The van der Waals surface area contributed by atoms with Gasteiger partial charge in [-0.25, -0.2) is 9.97 Å². The maximum Gasteiger partial charge on any atom is 0.225 e. The topological polar surface area (TPSA) is 60.9 Å². The highest BCUT2D eigenvalue weighted by Crippen LogP contribution is 2.44. The Morgan fingerprint density at radius 3 is 3.04 bits per heavy atom. The van der Waals surface area contributed by atoms with E-state index in [4.69, 9.17) is 4.98 Å². The molecule has 2 aromatic heterocycles. The Kier molecular flexibility index (Phi) is 3.56. The number of anilines is 1. The van der Waals surface area contributed by atoms with E-state index >= 15 is 0 Å². The fourth-order valence-corrected chi connectivity index (χ4v) is 4.12. The lowest BCUT2D eigenvalue weighted by Gasteiger charge is -2.40. The highest BCUT2D eigenvalue weighted by atomic mass is 15.2. The highest BCUT2D eigenvalue weighted by molar-refractivity contribution is 5.39. The zero-order chi connectivity index (χ0) is 15.9. The van der Waals surface area contributed by atoms with E-state index in [1.165, 1.54) is 36.2 Å². The van der Waals surface area contributed by atoms with Crippen molar-refractivity contribution in [3.63, 3.8) is 0 Å². The molecule has 1 N–H and O–H groups in total. The number of likely N-dealkylation sites (tertiary alicyclic amines) is 1. The molecular weight excluding hydrogens is 288 g/mol. The molecule has 2 aliphatic rings. The van der Waals surface area contributed by atoms with Crippen LogP contribution in [0.5, 0.6) is 0 Å². The number of H-pyrrole nitrogens is 1. The van der Waals surface area contributed by atoms with Crippen molar-refractivity contribution in [1.29, 1.82) is 0 Å². The lowest BCUT2D eigenvalue weighted by molar-refractivity contribution is 0.135. The molecule has 23 heavy (non-hydrogen) atoms. The molecule has 1 aliphatic heterocycles. The van der Waals surface area contributed by atoms with E-state index in [0.29, 0.717) is 0 Å². The molecule has 0 saturated carbocycles. The molecular formula is C17H24N6. The lowest BCUT2D eigenvalue weighted by Crippen LogP contribution is -2.45. The smallest absolute Gasteiger partial charge is 0.225 e. The number of hydrogen-bond acceptors (Lipinski definition) is 5. The largest absolute Gasteiger partial charge is 0.347 e. The minimum Gasteiger partial charge on any atom is -0.347 e. The average molecular weight is 312 g/mol. The lowest BCUT2D eigenvalue weighted by atomic mass is 9.77. The summed E-state index contributed by atoms with van der Waals surface area (Å²) in [5.41, 5.74) is 4.04. The number of nitrogens with zero attached hydrogens (tertiary/aromatic N) is 5. The summed E-state index contributed by atoms with van der Waals surface area (Å²) < 4.78 is 0. The van der Waals surface area contributed by atoms with E-state index in [9.17, 15) is 0 Å². The number of aromatic amines is 1. The van der Waals surface area contributed by atoms with Gasteiger partial charge in [0.2, 0.25) is 5.95 Å². The van der Waals surface area contributed by atoms with Crippen LogP contribution in [-0.4, -0.2) is 52.3 Å². The van der Waals surface area contributed by atoms with E-state index in [0.717, 1.165) is 32.0 Å². The molecule has 0 aromatic carbocycles. The van der Waals surface area contributed by atoms with Gasteiger partial charge in [-0.1, -0.05) is 0 Å². The van der Waals surface area contributed by atoms with Crippen LogP contribution in [-0.2, 0) is 18.4 Å². The predicted molar refractivity (Wildman–Crippen MR) is 89.5 cm³/mol. The molecule has 3 heterocycles. The maximum atomic E-state index is 4.93. The maximum absolute atomic E-state index is 4.93. The van der Waals surface area contributed by atoms with Gasteiger partial charge in [0.1, 0.15) is 0 Å². The van der Waals surface area contributed by atoms with Gasteiger partial charge < -0.3 is 4.90 Å². The van der Waals surface area contributed by atoms with E-state index in [1.807, 2.05) is 31.4 Å². The van der Waals surface area contributed by atoms with Crippen molar-refractivity contribution in [2.75, 3.05) is 32.1 Å². The third-order valence-electron chi connectivity index (χ3n) is 5.24. The van der Waals surface area contributed by atoms with E-state index < -0.39 is 0 Å². The standard InChI is InChI=1S/C17H24N6/c1-22(2)16-18-10-13-4-7-17(15(13)20-16)6-3-9-23(12-17)11-14-5-8-19-21-14/h5,8,10H,3-4,6-7,9,11-12H2,1-2H3,(H,19,21). The van der Waals surface area contributed by atoms with Crippen LogP contribution >= 0.6 is 0 Å². The van der Waals surface area contributed by atoms with Crippen molar-refractivity contribution >= 4 is 5.95 Å².